The summed E-state index contributed by atoms with van der Waals surface area (Å²) in [6.45, 7) is 3.03. The van der Waals surface area contributed by atoms with Crippen LogP contribution in [0.4, 0.5) is 0 Å². The molecule has 1 fully saturated rings. The van der Waals surface area contributed by atoms with Gasteiger partial charge in [0.1, 0.15) is 5.75 Å². The van der Waals surface area contributed by atoms with Crippen LogP contribution in [0, 0.1) is 0 Å². The summed E-state index contributed by atoms with van der Waals surface area (Å²) in [6.07, 6.45) is 2.37. The summed E-state index contributed by atoms with van der Waals surface area (Å²) in [6, 6.07) is 18.8. The van der Waals surface area contributed by atoms with Crippen molar-refractivity contribution in [3.05, 3.63) is 65.7 Å². The molecule has 0 saturated carbocycles. The molecular weight excluding hydrogens is 298 g/mol. The lowest BCUT2D eigenvalue weighted by atomic mass is 9.93. The molecule has 3 heteroatoms. The second-order valence-electron chi connectivity index (χ2n) is 6.49. The molecule has 0 aliphatic carbocycles. The number of ether oxygens (including phenoxy) is 1. The van der Waals surface area contributed by atoms with E-state index in [1.54, 1.807) is 7.11 Å². The van der Waals surface area contributed by atoms with Gasteiger partial charge in [-0.25, -0.2) is 0 Å². The quantitative estimate of drug-likeness (QED) is 0.831. The van der Waals surface area contributed by atoms with Crippen molar-refractivity contribution < 1.29 is 9.53 Å². The molecule has 2 atom stereocenters. The van der Waals surface area contributed by atoms with Gasteiger partial charge in [-0.3, -0.25) is 4.79 Å². The Balaban J connectivity index is 1.59. The Hall–Kier alpha value is -2.29. The topological polar surface area (TPSA) is 29.5 Å². The highest BCUT2D eigenvalue weighted by Crippen LogP contribution is 2.33. The van der Waals surface area contributed by atoms with Gasteiger partial charge < -0.3 is 9.64 Å². The summed E-state index contributed by atoms with van der Waals surface area (Å²) >= 11 is 0. The van der Waals surface area contributed by atoms with Gasteiger partial charge in [-0.15, -0.1) is 0 Å². The fourth-order valence-electron chi connectivity index (χ4n) is 3.66. The molecule has 0 radical (unpaired) electrons. The van der Waals surface area contributed by atoms with Gasteiger partial charge in [-0.2, -0.15) is 0 Å². The first-order valence-electron chi connectivity index (χ1n) is 8.66. The largest absolute Gasteiger partial charge is 0.497 e. The van der Waals surface area contributed by atoms with Gasteiger partial charge in [-0.05, 0) is 43.0 Å². The van der Waals surface area contributed by atoms with Gasteiger partial charge in [0, 0.05) is 24.9 Å². The zero-order valence-corrected chi connectivity index (χ0v) is 14.4. The lowest BCUT2D eigenvalue weighted by Crippen LogP contribution is -2.35. The maximum absolute atomic E-state index is 12.7. The van der Waals surface area contributed by atoms with Crippen LogP contribution in [0.15, 0.2) is 54.6 Å². The SMILES string of the molecule is COc1cccc(CCC(=O)N2CC[C@@H](c3ccccc3)[C@@H]2C)c1. The Labute approximate surface area is 144 Å². The van der Waals surface area contributed by atoms with Crippen molar-refractivity contribution in [3.63, 3.8) is 0 Å². The summed E-state index contributed by atoms with van der Waals surface area (Å²) in [5, 5.41) is 0. The van der Waals surface area contributed by atoms with Crippen LogP contribution in [0.25, 0.3) is 0 Å². The molecule has 0 spiro atoms. The third kappa shape index (κ3) is 3.61. The standard InChI is InChI=1S/C21H25NO2/c1-16-20(18-8-4-3-5-9-18)13-14-22(16)21(23)12-11-17-7-6-10-19(15-17)24-2/h3-10,15-16,20H,11-14H2,1-2H3/t16-,20+/m0/s1. The lowest BCUT2D eigenvalue weighted by molar-refractivity contribution is -0.131. The fraction of sp³-hybridized carbons (Fsp3) is 0.381. The van der Waals surface area contributed by atoms with Crippen LogP contribution in [-0.4, -0.2) is 30.5 Å². The van der Waals surface area contributed by atoms with Gasteiger partial charge in [0.2, 0.25) is 5.91 Å². The number of carbonyl (C=O) groups excluding carboxylic acids is 1. The van der Waals surface area contributed by atoms with Crippen molar-refractivity contribution >= 4 is 5.91 Å². The third-order valence-electron chi connectivity index (χ3n) is 5.06. The van der Waals surface area contributed by atoms with Crippen molar-refractivity contribution in [1.29, 1.82) is 0 Å². The Morgan fingerprint density at radius 3 is 2.71 bits per heavy atom. The van der Waals surface area contributed by atoms with Crippen molar-refractivity contribution in [1.82, 2.24) is 4.90 Å². The van der Waals surface area contributed by atoms with Gasteiger partial charge in [0.05, 0.1) is 7.11 Å². The zero-order valence-electron chi connectivity index (χ0n) is 14.4. The number of nitrogens with zero attached hydrogens (tertiary/aromatic N) is 1. The molecule has 0 bridgehead atoms. The first-order chi connectivity index (χ1) is 11.7. The smallest absolute Gasteiger partial charge is 0.223 e. The highest BCUT2D eigenvalue weighted by Gasteiger charge is 2.34. The molecule has 2 aromatic carbocycles. The second-order valence-corrected chi connectivity index (χ2v) is 6.49. The molecular formula is C21H25NO2. The van der Waals surface area contributed by atoms with Gasteiger partial charge >= 0.3 is 0 Å². The predicted octanol–water partition coefficient (Wildman–Crippen LogP) is 4.03. The first-order valence-corrected chi connectivity index (χ1v) is 8.66. The highest BCUT2D eigenvalue weighted by molar-refractivity contribution is 5.77. The summed E-state index contributed by atoms with van der Waals surface area (Å²) in [5.74, 6) is 1.55. The molecule has 0 unspecified atom stereocenters. The fourth-order valence-corrected chi connectivity index (χ4v) is 3.66. The number of likely N-dealkylation sites (tertiary alicyclic amines) is 1. The van der Waals surface area contributed by atoms with Gasteiger partial charge in [0.25, 0.3) is 0 Å². The Kier molecular flexibility index (Phi) is 5.19. The van der Waals surface area contributed by atoms with E-state index in [1.165, 1.54) is 5.56 Å². The average molecular weight is 323 g/mol. The van der Waals surface area contributed by atoms with Crippen LogP contribution in [0.3, 0.4) is 0 Å². The Bertz CT molecular complexity index is 683. The van der Waals surface area contributed by atoms with E-state index in [4.69, 9.17) is 4.74 Å². The van der Waals surface area contributed by atoms with Crippen LogP contribution in [-0.2, 0) is 11.2 Å². The van der Waals surface area contributed by atoms with Crippen LogP contribution in [0.1, 0.15) is 36.8 Å². The summed E-state index contributed by atoms with van der Waals surface area (Å²) in [5.41, 5.74) is 2.49. The molecule has 0 aromatic heterocycles. The van der Waals surface area contributed by atoms with E-state index in [-0.39, 0.29) is 11.9 Å². The molecule has 2 aromatic rings. The molecule has 0 N–H and O–H groups in total. The Morgan fingerprint density at radius 2 is 1.96 bits per heavy atom. The highest BCUT2D eigenvalue weighted by atomic mass is 16.5. The van der Waals surface area contributed by atoms with E-state index in [0.717, 1.165) is 30.7 Å². The molecule has 1 aliphatic heterocycles. The lowest BCUT2D eigenvalue weighted by Gasteiger charge is -2.25. The monoisotopic (exact) mass is 323 g/mol. The molecule has 1 heterocycles. The van der Waals surface area contributed by atoms with Crippen molar-refractivity contribution in [2.24, 2.45) is 0 Å². The number of rotatable bonds is 5. The van der Waals surface area contributed by atoms with E-state index in [0.29, 0.717) is 12.3 Å². The second kappa shape index (κ2) is 7.52. The normalized spacial score (nSPS) is 20.2. The molecule has 1 aliphatic rings. The van der Waals surface area contributed by atoms with Crippen LogP contribution < -0.4 is 4.74 Å². The minimum atomic E-state index is 0.253. The third-order valence-corrected chi connectivity index (χ3v) is 5.06. The van der Waals surface area contributed by atoms with E-state index < -0.39 is 0 Å². The molecule has 1 saturated heterocycles. The van der Waals surface area contributed by atoms with Crippen molar-refractivity contribution in [2.45, 2.75) is 38.1 Å². The molecule has 126 valence electrons. The first kappa shape index (κ1) is 16.6. The summed E-state index contributed by atoms with van der Waals surface area (Å²) < 4.78 is 5.25. The summed E-state index contributed by atoms with van der Waals surface area (Å²) in [4.78, 5) is 14.7. The van der Waals surface area contributed by atoms with E-state index in [1.807, 2.05) is 24.3 Å². The van der Waals surface area contributed by atoms with Crippen LogP contribution >= 0.6 is 0 Å². The van der Waals surface area contributed by atoms with Crippen LogP contribution in [0.2, 0.25) is 0 Å². The average Bonchev–Trinajstić information content (AvgIpc) is 3.02. The van der Waals surface area contributed by atoms with E-state index in [2.05, 4.69) is 42.2 Å². The van der Waals surface area contributed by atoms with Crippen molar-refractivity contribution in [2.75, 3.05) is 13.7 Å². The molecule has 3 rings (SSSR count). The number of aryl methyl sites for hydroxylation is 1. The summed E-state index contributed by atoms with van der Waals surface area (Å²) in [7, 11) is 1.67. The number of methoxy groups -OCH3 is 1. The molecule has 24 heavy (non-hydrogen) atoms. The number of carbonyl (C=O) groups is 1. The number of hydrogen-bond acceptors (Lipinski definition) is 2. The maximum Gasteiger partial charge on any atom is 0.223 e. The predicted molar refractivity (Wildman–Crippen MR) is 96.3 cm³/mol. The molecule has 1 amide bonds. The van der Waals surface area contributed by atoms with Crippen LogP contribution in [0.5, 0.6) is 5.75 Å². The van der Waals surface area contributed by atoms with Crippen molar-refractivity contribution in [3.8, 4) is 5.75 Å². The Morgan fingerprint density at radius 1 is 1.17 bits per heavy atom. The zero-order chi connectivity index (χ0) is 16.9. The molecule has 3 nitrogen and oxygen atoms in total. The number of benzene rings is 2. The minimum absolute atomic E-state index is 0.253. The van der Waals surface area contributed by atoms with E-state index in [9.17, 15) is 4.79 Å². The number of amides is 1. The van der Waals surface area contributed by atoms with Gasteiger partial charge in [0.15, 0.2) is 0 Å². The minimum Gasteiger partial charge on any atom is -0.497 e. The van der Waals surface area contributed by atoms with E-state index >= 15 is 0 Å². The number of hydrogen-bond donors (Lipinski definition) is 0. The van der Waals surface area contributed by atoms with Gasteiger partial charge in [-0.1, -0.05) is 42.5 Å². The maximum atomic E-state index is 12.7.